The number of nitrogens with zero attached hydrogens (tertiary/aromatic N) is 8. The summed E-state index contributed by atoms with van der Waals surface area (Å²) in [5.41, 5.74) is 4.09. The van der Waals surface area contributed by atoms with Crippen LogP contribution in [0.5, 0.6) is 0 Å². The Balaban J connectivity index is 1.11. The first-order chi connectivity index (χ1) is 17.9. The molecule has 2 saturated carbocycles. The van der Waals surface area contributed by atoms with Crippen LogP contribution in [0.2, 0.25) is 0 Å². The van der Waals surface area contributed by atoms with E-state index in [2.05, 4.69) is 37.6 Å². The van der Waals surface area contributed by atoms with Crippen molar-refractivity contribution in [1.82, 2.24) is 24.6 Å². The Morgan fingerprint density at radius 3 is 2.62 bits per heavy atom. The first-order valence-electron chi connectivity index (χ1n) is 13.2. The molecule has 2 aromatic rings. The summed E-state index contributed by atoms with van der Waals surface area (Å²) in [7, 11) is 0. The second kappa shape index (κ2) is 8.15. The van der Waals surface area contributed by atoms with E-state index in [1.54, 1.807) is 0 Å². The van der Waals surface area contributed by atoms with Crippen molar-refractivity contribution in [3.8, 4) is 12.1 Å². The molecule has 7 rings (SSSR count). The predicted octanol–water partition coefficient (Wildman–Crippen LogP) is 4.48. The summed E-state index contributed by atoms with van der Waals surface area (Å²) in [5, 5.41) is 29.2. The Hall–Kier alpha value is -3.20. The van der Waals surface area contributed by atoms with Gasteiger partial charge in [0.05, 0.1) is 29.3 Å². The highest BCUT2D eigenvalue weighted by Crippen LogP contribution is 2.57. The van der Waals surface area contributed by atoms with E-state index in [-0.39, 0.29) is 5.41 Å². The van der Waals surface area contributed by atoms with E-state index in [1.807, 2.05) is 19.1 Å². The van der Waals surface area contributed by atoms with E-state index in [0.717, 1.165) is 92.9 Å². The zero-order valence-electron chi connectivity index (χ0n) is 21.0. The fourth-order valence-electron chi connectivity index (χ4n) is 6.81. The fourth-order valence-corrected chi connectivity index (χ4v) is 7.04. The van der Waals surface area contributed by atoms with Crippen LogP contribution in [-0.2, 0) is 6.54 Å². The first kappa shape index (κ1) is 23.0. The molecular formula is C28H29ClN8. The van der Waals surface area contributed by atoms with E-state index in [1.165, 1.54) is 11.3 Å². The summed E-state index contributed by atoms with van der Waals surface area (Å²) >= 11 is 6.50. The fraction of sp³-hybridized carbons (Fsp3) is 0.536. The molecule has 1 spiro atoms. The van der Waals surface area contributed by atoms with Gasteiger partial charge in [0.15, 0.2) is 5.82 Å². The summed E-state index contributed by atoms with van der Waals surface area (Å²) in [6, 6.07) is 8.59. The van der Waals surface area contributed by atoms with Crippen molar-refractivity contribution in [3.63, 3.8) is 0 Å². The van der Waals surface area contributed by atoms with Crippen molar-refractivity contribution in [1.29, 1.82) is 10.5 Å². The molecule has 2 aromatic heterocycles. The SMILES string of the molecule is Cc1nc(N2CC3(CC(c4nnc5n4C4=C(C=C(Cl)CC4)CN(CC4(C#N)CC4)C5)C3)C2)ccc1C#N. The second-order valence-electron chi connectivity index (χ2n) is 11.8. The first-order valence-corrected chi connectivity index (χ1v) is 13.6. The van der Waals surface area contributed by atoms with Crippen molar-refractivity contribution >= 4 is 23.1 Å². The predicted molar refractivity (Wildman–Crippen MR) is 139 cm³/mol. The molecule has 4 heterocycles. The minimum Gasteiger partial charge on any atom is -0.355 e. The van der Waals surface area contributed by atoms with Crippen molar-refractivity contribution in [3.05, 3.63) is 51.7 Å². The highest BCUT2D eigenvalue weighted by Gasteiger charge is 2.54. The van der Waals surface area contributed by atoms with Crippen LogP contribution in [0.25, 0.3) is 5.70 Å². The second-order valence-corrected chi connectivity index (χ2v) is 12.3. The normalized spacial score (nSPS) is 23.7. The molecule has 1 saturated heterocycles. The van der Waals surface area contributed by atoms with Gasteiger partial charge in [-0.25, -0.2) is 4.98 Å². The molecule has 188 valence electrons. The lowest BCUT2D eigenvalue weighted by molar-refractivity contribution is 0.0582. The van der Waals surface area contributed by atoms with Gasteiger partial charge in [-0.15, -0.1) is 10.2 Å². The van der Waals surface area contributed by atoms with Gasteiger partial charge in [-0.3, -0.25) is 9.47 Å². The Labute approximate surface area is 221 Å². The largest absolute Gasteiger partial charge is 0.355 e. The highest BCUT2D eigenvalue weighted by atomic mass is 35.5. The van der Waals surface area contributed by atoms with Gasteiger partial charge in [-0.2, -0.15) is 10.5 Å². The van der Waals surface area contributed by atoms with Crippen LogP contribution >= 0.6 is 11.6 Å². The highest BCUT2D eigenvalue weighted by molar-refractivity contribution is 6.30. The molecule has 0 bridgehead atoms. The molecule has 0 radical (unpaired) electrons. The zero-order valence-corrected chi connectivity index (χ0v) is 21.8. The Morgan fingerprint density at radius 2 is 1.92 bits per heavy atom. The third-order valence-electron chi connectivity index (χ3n) is 9.00. The molecule has 8 nitrogen and oxygen atoms in total. The van der Waals surface area contributed by atoms with E-state index in [0.29, 0.717) is 23.4 Å². The van der Waals surface area contributed by atoms with Gasteiger partial charge in [0.2, 0.25) is 0 Å². The number of halogens is 1. The molecule has 9 heteroatoms. The van der Waals surface area contributed by atoms with Crippen molar-refractivity contribution in [2.75, 3.05) is 31.1 Å². The molecule has 0 atom stereocenters. The van der Waals surface area contributed by atoms with Gasteiger partial charge in [0.1, 0.15) is 17.7 Å². The maximum Gasteiger partial charge on any atom is 0.151 e. The van der Waals surface area contributed by atoms with Crippen molar-refractivity contribution in [2.24, 2.45) is 10.8 Å². The minimum absolute atomic E-state index is 0.195. The van der Waals surface area contributed by atoms with E-state index in [9.17, 15) is 10.5 Å². The van der Waals surface area contributed by atoms with Crippen LogP contribution in [0.3, 0.4) is 0 Å². The van der Waals surface area contributed by atoms with Crippen LogP contribution in [-0.4, -0.2) is 50.8 Å². The summed E-state index contributed by atoms with van der Waals surface area (Å²) in [5.74, 6) is 3.45. The Morgan fingerprint density at radius 1 is 1.11 bits per heavy atom. The number of aromatic nitrogens is 4. The number of nitriles is 2. The monoisotopic (exact) mass is 512 g/mol. The Bertz CT molecular complexity index is 1440. The average molecular weight is 513 g/mol. The molecular weight excluding hydrogens is 484 g/mol. The third kappa shape index (κ3) is 3.77. The van der Waals surface area contributed by atoms with Gasteiger partial charge in [-0.1, -0.05) is 11.6 Å². The minimum atomic E-state index is -0.195. The average Bonchev–Trinajstić information content (AvgIpc) is 3.52. The van der Waals surface area contributed by atoms with Crippen LogP contribution < -0.4 is 4.90 Å². The van der Waals surface area contributed by atoms with Crippen LogP contribution in [0.4, 0.5) is 5.82 Å². The zero-order chi connectivity index (χ0) is 25.4. The molecule has 0 N–H and O–H groups in total. The lowest BCUT2D eigenvalue weighted by Crippen LogP contribution is -2.62. The number of allylic oxidation sites excluding steroid dienone is 2. The van der Waals surface area contributed by atoms with E-state index >= 15 is 0 Å². The number of rotatable bonds is 4. The third-order valence-corrected chi connectivity index (χ3v) is 9.29. The molecule has 2 aliphatic heterocycles. The lowest BCUT2D eigenvalue weighted by atomic mass is 9.57. The number of pyridine rings is 1. The molecule has 0 unspecified atom stereocenters. The van der Waals surface area contributed by atoms with Crippen LogP contribution in [0.15, 0.2) is 28.8 Å². The van der Waals surface area contributed by atoms with E-state index in [4.69, 9.17) is 21.8 Å². The summed E-state index contributed by atoms with van der Waals surface area (Å²) in [4.78, 5) is 9.34. The molecule has 3 fully saturated rings. The lowest BCUT2D eigenvalue weighted by Gasteiger charge is -2.59. The Kier molecular flexibility index (Phi) is 5.06. The van der Waals surface area contributed by atoms with Crippen LogP contribution in [0, 0.1) is 40.4 Å². The topological polar surface area (TPSA) is 97.7 Å². The van der Waals surface area contributed by atoms with Crippen LogP contribution in [0.1, 0.15) is 67.3 Å². The maximum atomic E-state index is 9.68. The van der Waals surface area contributed by atoms with Crippen molar-refractivity contribution < 1.29 is 0 Å². The molecule has 5 aliphatic rings. The quantitative estimate of drug-likeness (QED) is 0.595. The molecule has 3 aliphatic carbocycles. The van der Waals surface area contributed by atoms with Gasteiger partial charge in [0.25, 0.3) is 0 Å². The maximum absolute atomic E-state index is 9.68. The van der Waals surface area contributed by atoms with Gasteiger partial charge >= 0.3 is 0 Å². The van der Waals surface area contributed by atoms with Gasteiger partial charge < -0.3 is 4.90 Å². The summed E-state index contributed by atoms with van der Waals surface area (Å²) in [6.45, 7) is 6.19. The number of aryl methyl sites for hydroxylation is 1. The summed E-state index contributed by atoms with van der Waals surface area (Å²) in [6.07, 6.45) is 8.07. The number of anilines is 1. The molecule has 0 amide bonds. The van der Waals surface area contributed by atoms with Gasteiger partial charge in [0, 0.05) is 48.2 Å². The standard InChI is InChI=1S/C28H29ClN8/c1-18-19(11-30)2-5-24(32-18)36-16-28(17-36)9-21(10-28)26-34-33-25-13-35(15-27(14-31)6-7-27)12-20-8-22(29)3-4-23(20)37(25)26/h2,5,8,21H,3-4,6-7,9-10,12-13,15-17H2,1H3. The molecule has 0 aromatic carbocycles. The van der Waals surface area contributed by atoms with E-state index < -0.39 is 0 Å². The molecule has 37 heavy (non-hydrogen) atoms. The number of fused-ring (bicyclic) bond motifs is 2. The number of hydrogen-bond acceptors (Lipinski definition) is 7. The van der Waals surface area contributed by atoms with Gasteiger partial charge in [-0.05, 0) is 69.2 Å². The summed E-state index contributed by atoms with van der Waals surface area (Å²) < 4.78 is 2.35. The number of hydrogen-bond donors (Lipinski definition) is 0. The smallest absolute Gasteiger partial charge is 0.151 e. The van der Waals surface area contributed by atoms with Crippen molar-refractivity contribution in [2.45, 2.75) is 57.9 Å².